The zero-order valence-corrected chi connectivity index (χ0v) is 13.6. The molecular formula is C17H23ClN2O2. The second-order valence-corrected chi connectivity index (χ2v) is 6.84. The SMILES string of the molecule is CC1CC1C(NC(=O)CC1COCCN1)c1ccc(Cl)cc1. The summed E-state index contributed by atoms with van der Waals surface area (Å²) in [6.07, 6.45) is 1.63. The highest BCUT2D eigenvalue weighted by atomic mass is 35.5. The topological polar surface area (TPSA) is 50.4 Å². The molecular weight excluding hydrogens is 300 g/mol. The fourth-order valence-electron chi connectivity index (χ4n) is 3.13. The van der Waals surface area contributed by atoms with Crippen LogP contribution >= 0.6 is 11.6 Å². The highest BCUT2D eigenvalue weighted by Gasteiger charge is 2.41. The first-order chi connectivity index (χ1) is 10.6. The summed E-state index contributed by atoms with van der Waals surface area (Å²) in [5, 5.41) is 7.26. The van der Waals surface area contributed by atoms with Gasteiger partial charge < -0.3 is 15.4 Å². The van der Waals surface area contributed by atoms with Crippen LogP contribution in [0.1, 0.15) is 31.4 Å². The molecule has 2 N–H and O–H groups in total. The van der Waals surface area contributed by atoms with E-state index in [2.05, 4.69) is 17.6 Å². The lowest BCUT2D eigenvalue weighted by Gasteiger charge is -2.25. The Balaban J connectivity index is 1.62. The van der Waals surface area contributed by atoms with Crippen molar-refractivity contribution in [1.82, 2.24) is 10.6 Å². The van der Waals surface area contributed by atoms with Crippen LogP contribution in [0.3, 0.4) is 0 Å². The Hall–Kier alpha value is -1.10. The molecule has 4 nitrogen and oxygen atoms in total. The van der Waals surface area contributed by atoms with Crippen LogP contribution in [0.5, 0.6) is 0 Å². The van der Waals surface area contributed by atoms with Gasteiger partial charge in [0, 0.05) is 24.0 Å². The minimum absolute atomic E-state index is 0.0852. The molecule has 1 saturated carbocycles. The normalized spacial score (nSPS) is 28.9. The first-order valence-electron chi connectivity index (χ1n) is 7.99. The Morgan fingerprint density at radius 1 is 1.45 bits per heavy atom. The molecule has 1 saturated heterocycles. The lowest BCUT2D eigenvalue weighted by molar-refractivity contribution is -0.123. The van der Waals surface area contributed by atoms with Crippen LogP contribution in [-0.4, -0.2) is 31.7 Å². The number of amides is 1. The lowest BCUT2D eigenvalue weighted by atomic mass is 10.0. The fraction of sp³-hybridized carbons (Fsp3) is 0.588. The first-order valence-corrected chi connectivity index (χ1v) is 8.37. The number of nitrogens with one attached hydrogen (secondary N) is 2. The summed E-state index contributed by atoms with van der Waals surface area (Å²) in [6, 6.07) is 8.01. The van der Waals surface area contributed by atoms with E-state index in [-0.39, 0.29) is 18.0 Å². The van der Waals surface area contributed by atoms with Crippen molar-refractivity contribution in [3.05, 3.63) is 34.9 Å². The average Bonchev–Trinajstić information content (AvgIpc) is 3.23. The quantitative estimate of drug-likeness (QED) is 0.876. The Morgan fingerprint density at radius 2 is 2.18 bits per heavy atom. The molecule has 1 aliphatic heterocycles. The van der Waals surface area contributed by atoms with Gasteiger partial charge in [0.1, 0.15) is 0 Å². The van der Waals surface area contributed by atoms with Gasteiger partial charge >= 0.3 is 0 Å². The number of carbonyl (C=O) groups excluding carboxylic acids is 1. The summed E-state index contributed by atoms with van der Waals surface area (Å²) >= 11 is 5.97. The van der Waals surface area contributed by atoms with Crippen molar-refractivity contribution in [1.29, 1.82) is 0 Å². The summed E-state index contributed by atoms with van der Waals surface area (Å²) in [5.74, 6) is 1.28. The van der Waals surface area contributed by atoms with Gasteiger partial charge in [-0.3, -0.25) is 4.79 Å². The predicted octanol–water partition coefficient (Wildman–Crippen LogP) is 2.53. The van der Waals surface area contributed by atoms with Crippen molar-refractivity contribution < 1.29 is 9.53 Å². The number of hydrogen-bond donors (Lipinski definition) is 2. The lowest BCUT2D eigenvalue weighted by Crippen LogP contribution is -2.44. The van der Waals surface area contributed by atoms with Gasteiger partial charge in [-0.25, -0.2) is 0 Å². The highest BCUT2D eigenvalue weighted by molar-refractivity contribution is 6.30. The van der Waals surface area contributed by atoms with Crippen LogP contribution < -0.4 is 10.6 Å². The zero-order valence-electron chi connectivity index (χ0n) is 12.8. The monoisotopic (exact) mass is 322 g/mol. The van der Waals surface area contributed by atoms with Crippen molar-refractivity contribution in [2.45, 2.75) is 31.8 Å². The molecule has 4 unspecified atom stereocenters. The maximum Gasteiger partial charge on any atom is 0.222 e. The van der Waals surface area contributed by atoms with E-state index in [1.54, 1.807) is 0 Å². The van der Waals surface area contributed by atoms with Gasteiger partial charge in [0.05, 0.1) is 19.3 Å². The number of hydrogen-bond acceptors (Lipinski definition) is 3. The summed E-state index contributed by atoms with van der Waals surface area (Å²) in [5.41, 5.74) is 1.14. The fourth-order valence-corrected chi connectivity index (χ4v) is 3.26. The smallest absolute Gasteiger partial charge is 0.222 e. The molecule has 22 heavy (non-hydrogen) atoms. The van der Waals surface area contributed by atoms with Crippen LogP contribution in [0, 0.1) is 11.8 Å². The van der Waals surface area contributed by atoms with Crippen LogP contribution in [0.25, 0.3) is 0 Å². The Morgan fingerprint density at radius 3 is 2.77 bits per heavy atom. The van der Waals surface area contributed by atoms with Crippen LogP contribution in [0.4, 0.5) is 0 Å². The third kappa shape index (κ3) is 4.00. The van der Waals surface area contributed by atoms with Crippen molar-refractivity contribution in [3.63, 3.8) is 0 Å². The number of carbonyl (C=O) groups is 1. The van der Waals surface area contributed by atoms with Gasteiger partial charge in [-0.2, -0.15) is 0 Å². The van der Waals surface area contributed by atoms with E-state index in [0.717, 1.165) is 23.7 Å². The van der Waals surface area contributed by atoms with Crippen LogP contribution in [0.2, 0.25) is 5.02 Å². The van der Waals surface area contributed by atoms with Crippen molar-refractivity contribution >= 4 is 17.5 Å². The van der Waals surface area contributed by atoms with E-state index in [0.29, 0.717) is 24.9 Å². The second kappa shape index (κ2) is 6.99. The molecule has 1 aromatic carbocycles. The van der Waals surface area contributed by atoms with E-state index < -0.39 is 0 Å². The minimum atomic E-state index is 0.0852. The second-order valence-electron chi connectivity index (χ2n) is 6.40. The Labute approximate surface area is 136 Å². The van der Waals surface area contributed by atoms with E-state index in [4.69, 9.17) is 16.3 Å². The van der Waals surface area contributed by atoms with Crippen molar-refractivity contribution in [2.24, 2.45) is 11.8 Å². The molecule has 4 atom stereocenters. The largest absolute Gasteiger partial charge is 0.378 e. The van der Waals surface area contributed by atoms with E-state index in [1.807, 2.05) is 24.3 Å². The molecule has 1 aromatic rings. The highest BCUT2D eigenvalue weighted by Crippen LogP contribution is 2.47. The van der Waals surface area contributed by atoms with Crippen LogP contribution in [-0.2, 0) is 9.53 Å². The van der Waals surface area contributed by atoms with E-state index in [1.165, 1.54) is 6.42 Å². The van der Waals surface area contributed by atoms with Gasteiger partial charge in [0.25, 0.3) is 0 Å². The summed E-state index contributed by atoms with van der Waals surface area (Å²) in [4.78, 5) is 12.4. The van der Waals surface area contributed by atoms with E-state index >= 15 is 0 Å². The summed E-state index contributed by atoms with van der Waals surface area (Å²) in [7, 11) is 0. The first kappa shape index (κ1) is 15.8. The molecule has 2 aliphatic rings. The number of halogens is 1. The average molecular weight is 323 g/mol. The minimum Gasteiger partial charge on any atom is -0.378 e. The summed E-state index contributed by atoms with van der Waals surface area (Å²) in [6.45, 7) is 4.39. The van der Waals surface area contributed by atoms with Gasteiger partial charge in [0.2, 0.25) is 5.91 Å². The maximum absolute atomic E-state index is 12.4. The molecule has 5 heteroatoms. The van der Waals surface area contributed by atoms with E-state index in [9.17, 15) is 4.79 Å². The number of ether oxygens (including phenoxy) is 1. The Bertz CT molecular complexity index is 514. The molecule has 1 amide bonds. The van der Waals surface area contributed by atoms with Crippen molar-refractivity contribution in [2.75, 3.05) is 19.8 Å². The Kier molecular flexibility index (Phi) is 5.01. The zero-order chi connectivity index (χ0) is 15.5. The third-order valence-corrected chi connectivity index (χ3v) is 4.83. The molecule has 3 rings (SSSR count). The predicted molar refractivity (Wildman–Crippen MR) is 86.8 cm³/mol. The molecule has 120 valence electrons. The standard InChI is InChI=1S/C17H23ClN2O2/c1-11-8-15(11)17(12-2-4-13(18)5-3-12)20-16(21)9-14-10-22-7-6-19-14/h2-5,11,14-15,17,19H,6-10H2,1H3,(H,20,21). The number of benzene rings is 1. The third-order valence-electron chi connectivity index (χ3n) is 4.58. The number of morpholine rings is 1. The molecule has 0 spiro atoms. The molecule has 0 aromatic heterocycles. The molecule has 1 heterocycles. The summed E-state index contributed by atoms with van der Waals surface area (Å²) < 4.78 is 5.41. The maximum atomic E-state index is 12.4. The molecule has 1 aliphatic carbocycles. The van der Waals surface area contributed by atoms with Crippen LogP contribution in [0.15, 0.2) is 24.3 Å². The van der Waals surface area contributed by atoms with Gasteiger partial charge in [-0.15, -0.1) is 0 Å². The number of rotatable bonds is 5. The van der Waals surface area contributed by atoms with Crippen molar-refractivity contribution in [3.8, 4) is 0 Å². The van der Waals surface area contributed by atoms with Gasteiger partial charge in [0.15, 0.2) is 0 Å². The molecule has 2 fully saturated rings. The molecule has 0 radical (unpaired) electrons. The van der Waals surface area contributed by atoms with Gasteiger partial charge in [-0.05, 0) is 36.0 Å². The van der Waals surface area contributed by atoms with Gasteiger partial charge in [-0.1, -0.05) is 30.7 Å². The molecule has 0 bridgehead atoms.